The quantitative estimate of drug-likeness (QED) is 0.625. The van der Waals surface area contributed by atoms with Crippen LogP contribution in [0.4, 0.5) is 4.39 Å². The second kappa shape index (κ2) is 2.87. The van der Waals surface area contributed by atoms with Gasteiger partial charge < -0.3 is 5.11 Å². The highest BCUT2D eigenvalue weighted by Gasteiger charge is 2.26. The van der Waals surface area contributed by atoms with Gasteiger partial charge >= 0.3 is 0 Å². The van der Waals surface area contributed by atoms with E-state index in [0.29, 0.717) is 6.42 Å². The topological polar surface area (TPSA) is 20.2 Å². The van der Waals surface area contributed by atoms with E-state index in [4.69, 9.17) is 0 Å². The van der Waals surface area contributed by atoms with Crippen LogP contribution in [-0.2, 0) is 6.42 Å². The average molecular weight is 166 g/mol. The maximum absolute atomic E-state index is 13.0. The van der Waals surface area contributed by atoms with Crippen LogP contribution >= 0.6 is 0 Å². The molecule has 1 nitrogen and oxygen atoms in total. The largest absolute Gasteiger partial charge is 0.385 e. The van der Waals surface area contributed by atoms with E-state index in [1.807, 2.05) is 18.2 Å². The maximum Gasteiger partial charge on any atom is 0.130 e. The van der Waals surface area contributed by atoms with Crippen LogP contribution in [0, 0.1) is 0 Å². The van der Waals surface area contributed by atoms with Crippen LogP contribution in [0.3, 0.4) is 0 Å². The van der Waals surface area contributed by atoms with E-state index in [1.165, 1.54) is 0 Å². The standard InChI is InChI=1S/C10H11FO/c11-9-6-5-7-3-1-2-4-8(7)10(9)12/h1-4,9-10,12H,5-6H2/t9-,10-/m0/s1. The van der Waals surface area contributed by atoms with Crippen LogP contribution in [0.15, 0.2) is 24.3 Å². The molecule has 2 atom stereocenters. The van der Waals surface area contributed by atoms with Crippen molar-refractivity contribution in [2.45, 2.75) is 25.1 Å². The summed E-state index contributed by atoms with van der Waals surface area (Å²) in [6, 6.07) is 7.50. The summed E-state index contributed by atoms with van der Waals surface area (Å²) in [7, 11) is 0. The monoisotopic (exact) mass is 166 g/mol. The normalized spacial score (nSPS) is 28.2. The van der Waals surface area contributed by atoms with Crippen molar-refractivity contribution in [3.8, 4) is 0 Å². The third-order valence-electron chi connectivity index (χ3n) is 2.41. The summed E-state index contributed by atoms with van der Waals surface area (Å²) in [5.74, 6) is 0. The number of benzene rings is 1. The van der Waals surface area contributed by atoms with E-state index in [9.17, 15) is 9.50 Å². The lowest BCUT2D eigenvalue weighted by Gasteiger charge is -2.24. The Morgan fingerprint density at radius 1 is 1.33 bits per heavy atom. The molecule has 64 valence electrons. The number of aryl methyl sites for hydroxylation is 1. The Morgan fingerprint density at radius 2 is 2.08 bits per heavy atom. The fourth-order valence-corrected chi connectivity index (χ4v) is 1.70. The van der Waals surface area contributed by atoms with E-state index < -0.39 is 12.3 Å². The number of aliphatic hydroxyl groups is 1. The maximum atomic E-state index is 13.0. The summed E-state index contributed by atoms with van der Waals surface area (Å²) in [5.41, 5.74) is 1.84. The molecule has 0 heterocycles. The van der Waals surface area contributed by atoms with Gasteiger partial charge in [-0.25, -0.2) is 4.39 Å². The molecule has 1 aliphatic carbocycles. The number of alkyl halides is 1. The Labute approximate surface area is 70.8 Å². The summed E-state index contributed by atoms with van der Waals surface area (Å²) in [6.45, 7) is 0. The summed E-state index contributed by atoms with van der Waals surface area (Å²) in [4.78, 5) is 0. The van der Waals surface area contributed by atoms with Crippen LogP contribution in [0.2, 0.25) is 0 Å². The highest BCUT2D eigenvalue weighted by atomic mass is 19.1. The van der Waals surface area contributed by atoms with Gasteiger partial charge in [0.05, 0.1) is 0 Å². The van der Waals surface area contributed by atoms with Crippen LogP contribution in [0.25, 0.3) is 0 Å². The second-order valence-electron chi connectivity index (χ2n) is 3.20. The van der Waals surface area contributed by atoms with Crippen molar-refractivity contribution in [2.75, 3.05) is 0 Å². The zero-order valence-electron chi connectivity index (χ0n) is 6.70. The number of fused-ring (bicyclic) bond motifs is 1. The van der Waals surface area contributed by atoms with Crippen molar-refractivity contribution in [1.82, 2.24) is 0 Å². The lowest BCUT2D eigenvalue weighted by molar-refractivity contribution is 0.0643. The molecule has 0 radical (unpaired) electrons. The highest BCUT2D eigenvalue weighted by molar-refractivity contribution is 5.32. The van der Waals surface area contributed by atoms with Crippen molar-refractivity contribution in [1.29, 1.82) is 0 Å². The van der Waals surface area contributed by atoms with Gasteiger partial charge in [0.1, 0.15) is 12.3 Å². The second-order valence-corrected chi connectivity index (χ2v) is 3.20. The number of hydrogen-bond acceptors (Lipinski definition) is 1. The fourth-order valence-electron chi connectivity index (χ4n) is 1.70. The molecule has 0 fully saturated rings. The average Bonchev–Trinajstić information content (AvgIpc) is 2.12. The minimum atomic E-state index is -1.08. The van der Waals surface area contributed by atoms with Crippen LogP contribution in [-0.4, -0.2) is 11.3 Å². The Kier molecular flexibility index (Phi) is 1.85. The minimum Gasteiger partial charge on any atom is -0.385 e. The SMILES string of the molecule is O[C@H]1c2ccccc2CC[C@@H]1F. The number of hydrogen-bond donors (Lipinski definition) is 1. The molecule has 0 amide bonds. The molecule has 12 heavy (non-hydrogen) atoms. The van der Waals surface area contributed by atoms with E-state index in [2.05, 4.69) is 0 Å². The first-order valence-corrected chi connectivity index (χ1v) is 4.19. The van der Waals surface area contributed by atoms with Crippen LogP contribution in [0.5, 0.6) is 0 Å². The Morgan fingerprint density at radius 3 is 2.92 bits per heavy atom. The first-order valence-electron chi connectivity index (χ1n) is 4.19. The third-order valence-corrected chi connectivity index (χ3v) is 2.41. The fraction of sp³-hybridized carbons (Fsp3) is 0.400. The van der Waals surface area contributed by atoms with Crippen molar-refractivity contribution >= 4 is 0 Å². The van der Waals surface area contributed by atoms with E-state index in [1.54, 1.807) is 6.07 Å². The van der Waals surface area contributed by atoms with Crippen LogP contribution in [0.1, 0.15) is 23.7 Å². The number of rotatable bonds is 0. The minimum absolute atomic E-state index is 0.443. The van der Waals surface area contributed by atoms with Gasteiger partial charge in [-0.3, -0.25) is 0 Å². The Bertz CT molecular complexity index is 285. The molecule has 0 unspecified atom stereocenters. The number of halogens is 1. The molecule has 0 aromatic heterocycles. The summed E-state index contributed by atoms with van der Waals surface area (Å²) < 4.78 is 13.0. The summed E-state index contributed by atoms with van der Waals surface area (Å²) in [6.07, 6.45) is -0.804. The molecule has 1 aliphatic rings. The van der Waals surface area contributed by atoms with Gasteiger partial charge in [-0.15, -0.1) is 0 Å². The molecule has 0 bridgehead atoms. The Balaban J connectivity index is 2.42. The zero-order valence-corrected chi connectivity index (χ0v) is 6.70. The smallest absolute Gasteiger partial charge is 0.130 e. The van der Waals surface area contributed by atoms with Crippen molar-refractivity contribution in [3.05, 3.63) is 35.4 Å². The predicted molar refractivity (Wildman–Crippen MR) is 44.6 cm³/mol. The van der Waals surface area contributed by atoms with Crippen molar-refractivity contribution in [3.63, 3.8) is 0 Å². The lowest BCUT2D eigenvalue weighted by atomic mass is 9.88. The van der Waals surface area contributed by atoms with Gasteiger partial charge in [-0.1, -0.05) is 24.3 Å². The molecule has 0 spiro atoms. The van der Waals surface area contributed by atoms with E-state index in [-0.39, 0.29) is 0 Å². The molecule has 1 aromatic carbocycles. The van der Waals surface area contributed by atoms with Crippen molar-refractivity contribution in [2.24, 2.45) is 0 Å². The van der Waals surface area contributed by atoms with Gasteiger partial charge in [-0.2, -0.15) is 0 Å². The van der Waals surface area contributed by atoms with Gasteiger partial charge in [-0.05, 0) is 24.0 Å². The van der Waals surface area contributed by atoms with E-state index in [0.717, 1.165) is 17.5 Å². The number of aliphatic hydroxyl groups excluding tert-OH is 1. The summed E-state index contributed by atoms with van der Waals surface area (Å²) in [5, 5.41) is 9.45. The first kappa shape index (κ1) is 7.74. The molecule has 0 saturated heterocycles. The molecule has 1 N–H and O–H groups in total. The molecule has 1 aromatic rings. The van der Waals surface area contributed by atoms with Crippen molar-refractivity contribution < 1.29 is 9.50 Å². The highest BCUT2D eigenvalue weighted by Crippen LogP contribution is 2.31. The van der Waals surface area contributed by atoms with Gasteiger partial charge in [0, 0.05) is 0 Å². The lowest BCUT2D eigenvalue weighted by Crippen LogP contribution is -2.21. The molecular weight excluding hydrogens is 155 g/mol. The molecule has 0 aliphatic heterocycles. The molecular formula is C10H11FO. The van der Waals surface area contributed by atoms with Gasteiger partial charge in [0.25, 0.3) is 0 Å². The molecule has 2 rings (SSSR count). The Hall–Kier alpha value is -0.890. The predicted octanol–water partition coefficient (Wildman–Crippen LogP) is 2.00. The summed E-state index contributed by atoms with van der Waals surface area (Å²) >= 11 is 0. The van der Waals surface area contributed by atoms with Crippen LogP contribution < -0.4 is 0 Å². The van der Waals surface area contributed by atoms with Gasteiger partial charge in [0.15, 0.2) is 0 Å². The molecule has 2 heteroatoms. The third kappa shape index (κ3) is 1.12. The zero-order chi connectivity index (χ0) is 8.55. The molecule has 0 saturated carbocycles. The first-order chi connectivity index (χ1) is 5.79. The van der Waals surface area contributed by atoms with Gasteiger partial charge in [0.2, 0.25) is 0 Å². The van der Waals surface area contributed by atoms with E-state index >= 15 is 0 Å².